The number of carbonyl (C=O) groups excluding carboxylic acids is 2. The Bertz CT molecular complexity index is 1200. The van der Waals surface area contributed by atoms with Gasteiger partial charge in [-0.15, -0.1) is 0 Å². The third-order valence-electron chi connectivity index (χ3n) is 5.00. The van der Waals surface area contributed by atoms with Gasteiger partial charge in [0.1, 0.15) is 25.0 Å². The molecule has 1 aliphatic heterocycles. The molecule has 1 N–H and O–H groups in total. The summed E-state index contributed by atoms with van der Waals surface area (Å²) in [5.41, 5.74) is -0.462. The quantitative estimate of drug-likeness (QED) is 0.587. The van der Waals surface area contributed by atoms with Crippen molar-refractivity contribution in [2.75, 3.05) is 6.61 Å². The number of H-pyrrole nitrogens is 1. The second kappa shape index (κ2) is 9.44. The van der Waals surface area contributed by atoms with E-state index in [9.17, 15) is 19.2 Å². The number of aromatic amines is 1. The lowest BCUT2D eigenvalue weighted by molar-refractivity contribution is -0.0582. The van der Waals surface area contributed by atoms with Crippen molar-refractivity contribution < 1.29 is 23.8 Å². The number of carbonyl (C=O) groups is 2. The van der Waals surface area contributed by atoms with E-state index in [1.807, 2.05) is 0 Å². The Morgan fingerprint density at radius 2 is 1.56 bits per heavy atom. The van der Waals surface area contributed by atoms with Gasteiger partial charge in [-0.1, -0.05) is 36.4 Å². The summed E-state index contributed by atoms with van der Waals surface area (Å²) in [7, 11) is 0. The first-order chi connectivity index (χ1) is 15.5. The molecule has 0 spiro atoms. The van der Waals surface area contributed by atoms with E-state index in [1.165, 1.54) is 16.8 Å². The summed E-state index contributed by atoms with van der Waals surface area (Å²) in [6.07, 6.45) is -0.958. The molecule has 9 heteroatoms. The highest BCUT2D eigenvalue weighted by atomic mass is 16.6. The Kier molecular flexibility index (Phi) is 6.27. The van der Waals surface area contributed by atoms with Crippen LogP contribution in [0, 0.1) is 0 Å². The maximum atomic E-state index is 12.6. The number of nitrogens with zero attached hydrogens (tertiary/aromatic N) is 1. The molecule has 1 fully saturated rings. The van der Waals surface area contributed by atoms with E-state index in [-0.39, 0.29) is 13.0 Å². The second-order valence-electron chi connectivity index (χ2n) is 7.16. The van der Waals surface area contributed by atoms with E-state index >= 15 is 0 Å². The van der Waals surface area contributed by atoms with Crippen LogP contribution in [0.1, 0.15) is 33.4 Å². The molecule has 3 aromatic rings. The van der Waals surface area contributed by atoms with Gasteiger partial charge in [0.2, 0.25) is 0 Å². The minimum atomic E-state index is -0.812. The van der Waals surface area contributed by atoms with E-state index < -0.39 is 41.6 Å². The van der Waals surface area contributed by atoms with Gasteiger partial charge < -0.3 is 14.2 Å². The SMILES string of the molecule is O=C(OC[C@H]1O[C@@H](n2ccc(=O)[nH]c2=O)C[C@H]1OC(=O)c1ccccc1)c1ccccc1. The number of benzene rings is 2. The van der Waals surface area contributed by atoms with Crippen LogP contribution in [0.2, 0.25) is 0 Å². The third kappa shape index (κ3) is 4.84. The third-order valence-corrected chi connectivity index (χ3v) is 5.00. The van der Waals surface area contributed by atoms with Gasteiger partial charge in [0.25, 0.3) is 5.56 Å². The average molecular weight is 436 g/mol. The van der Waals surface area contributed by atoms with Gasteiger partial charge in [0, 0.05) is 18.7 Å². The average Bonchev–Trinajstić information content (AvgIpc) is 3.20. The number of aromatic nitrogens is 2. The zero-order chi connectivity index (χ0) is 22.5. The summed E-state index contributed by atoms with van der Waals surface area (Å²) < 4.78 is 18.1. The molecular weight excluding hydrogens is 416 g/mol. The van der Waals surface area contributed by atoms with Gasteiger partial charge in [-0.25, -0.2) is 14.4 Å². The fraction of sp³-hybridized carbons (Fsp3) is 0.217. The van der Waals surface area contributed by atoms with Crippen molar-refractivity contribution in [2.45, 2.75) is 24.9 Å². The number of rotatable bonds is 6. The first-order valence-electron chi connectivity index (χ1n) is 9.96. The molecule has 9 nitrogen and oxygen atoms in total. The van der Waals surface area contributed by atoms with Crippen LogP contribution in [-0.2, 0) is 14.2 Å². The molecule has 0 saturated carbocycles. The van der Waals surface area contributed by atoms with E-state index in [2.05, 4.69) is 4.98 Å². The molecule has 1 saturated heterocycles. The van der Waals surface area contributed by atoms with Crippen molar-refractivity contribution in [1.29, 1.82) is 0 Å². The van der Waals surface area contributed by atoms with E-state index in [1.54, 1.807) is 60.7 Å². The molecule has 2 heterocycles. The van der Waals surface area contributed by atoms with Crippen molar-refractivity contribution in [3.8, 4) is 0 Å². The van der Waals surface area contributed by atoms with E-state index in [4.69, 9.17) is 14.2 Å². The Balaban J connectivity index is 1.51. The Morgan fingerprint density at radius 3 is 2.19 bits per heavy atom. The van der Waals surface area contributed by atoms with Crippen molar-refractivity contribution in [3.05, 3.63) is 105 Å². The minimum Gasteiger partial charge on any atom is -0.459 e. The molecule has 0 bridgehead atoms. The van der Waals surface area contributed by atoms with Crippen LogP contribution in [0.3, 0.4) is 0 Å². The monoisotopic (exact) mass is 436 g/mol. The molecule has 0 unspecified atom stereocenters. The fourth-order valence-corrected chi connectivity index (χ4v) is 3.39. The summed E-state index contributed by atoms with van der Waals surface area (Å²) in [4.78, 5) is 50.6. The highest BCUT2D eigenvalue weighted by molar-refractivity contribution is 5.90. The lowest BCUT2D eigenvalue weighted by Gasteiger charge is -2.19. The minimum absolute atomic E-state index is 0.137. The number of hydrogen-bond donors (Lipinski definition) is 1. The predicted molar refractivity (Wildman–Crippen MR) is 112 cm³/mol. The molecular formula is C23H20N2O7. The van der Waals surface area contributed by atoms with Crippen LogP contribution in [0.25, 0.3) is 0 Å². The molecule has 0 radical (unpaired) electrons. The van der Waals surface area contributed by atoms with Gasteiger partial charge in [-0.2, -0.15) is 0 Å². The first kappa shape index (κ1) is 21.3. The lowest BCUT2D eigenvalue weighted by atomic mass is 10.1. The predicted octanol–water partition coefficient (Wildman–Crippen LogP) is 1.91. The zero-order valence-corrected chi connectivity index (χ0v) is 16.9. The van der Waals surface area contributed by atoms with Crippen LogP contribution in [0.5, 0.6) is 0 Å². The van der Waals surface area contributed by atoms with Crippen LogP contribution in [0.15, 0.2) is 82.5 Å². The van der Waals surface area contributed by atoms with E-state index in [0.29, 0.717) is 11.1 Å². The van der Waals surface area contributed by atoms with Crippen molar-refractivity contribution in [1.82, 2.24) is 9.55 Å². The normalized spacial score (nSPS) is 19.9. The van der Waals surface area contributed by atoms with Crippen LogP contribution >= 0.6 is 0 Å². The maximum absolute atomic E-state index is 12.6. The topological polar surface area (TPSA) is 117 Å². The van der Waals surface area contributed by atoms with Gasteiger partial charge in [-0.05, 0) is 24.3 Å². The standard InChI is InChI=1S/C23H20N2O7/c26-19-11-12-25(23(29)24-19)20-13-17(32-22(28)16-9-5-2-6-10-16)18(31-20)14-30-21(27)15-7-3-1-4-8-15/h1-12,17-18,20H,13-14H2,(H,24,26,29)/t17-,18-,20-/m1/s1. The molecule has 3 atom stereocenters. The highest BCUT2D eigenvalue weighted by Gasteiger charge is 2.40. The number of ether oxygens (including phenoxy) is 3. The molecule has 164 valence electrons. The summed E-state index contributed by atoms with van der Waals surface area (Å²) in [6, 6.07) is 18.1. The molecule has 2 aromatic carbocycles. The summed E-state index contributed by atoms with van der Waals surface area (Å²) in [5.74, 6) is -1.11. The first-order valence-corrected chi connectivity index (χ1v) is 9.96. The van der Waals surface area contributed by atoms with E-state index in [0.717, 1.165) is 0 Å². The van der Waals surface area contributed by atoms with Crippen molar-refractivity contribution in [3.63, 3.8) is 0 Å². The van der Waals surface area contributed by atoms with Crippen LogP contribution in [-0.4, -0.2) is 40.3 Å². The number of hydrogen-bond acceptors (Lipinski definition) is 7. The van der Waals surface area contributed by atoms with Gasteiger partial charge in [0.15, 0.2) is 0 Å². The van der Waals surface area contributed by atoms with Crippen molar-refractivity contribution in [2.24, 2.45) is 0 Å². The lowest BCUT2D eigenvalue weighted by Crippen LogP contribution is -2.32. The number of nitrogens with one attached hydrogen (secondary N) is 1. The van der Waals surface area contributed by atoms with Crippen LogP contribution < -0.4 is 11.2 Å². The molecule has 1 aromatic heterocycles. The molecule has 4 rings (SSSR count). The largest absolute Gasteiger partial charge is 0.459 e. The summed E-state index contributed by atoms with van der Waals surface area (Å²) >= 11 is 0. The summed E-state index contributed by atoms with van der Waals surface area (Å²) in [6.45, 7) is -0.185. The number of esters is 2. The smallest absolute Gasteiger partial charge is 0.338 e. The van der Waals surface area contributed by atoms with Crippen molar-refractivity contribution >= 4 is 11.9 Å². The van der Waals surface area contributed by atoms with Gasteiger partial charge in [-0.3, -0.25) is 14.3 Å². The van der Waals surface area contributed by atoms with Gasteiger partial charge >= 0.3 is 17.6 Å². The maximum Gasteiger partial charge on any atom is 0.338 e. The molecule has 0 amide bonds. The summed E-state index contributed by atoms with van der Waals surface area (Å²) in [5, 5.41) is 0. The van der Waals surface area contributed by atoms with Crippen LogP contribution in [0.4, 0.5) is 0 Å². The molecule has 0 aliphatic carbocycles. The molecule has 32 heavy (non-hydrogen) atoms. The Morgan fingerprint density at radius 1 is 0.938 bits per heavy atom. The second-order valence-corrected chi connectivity index (χ2v) is 7.16. The zero-order valence-electron chi connectivity index (χ0n) is 16.9. The Hall–Kier alpha value is -3.98. The molecule has 1 aliphatic rings. The van der Waals surface area contributed by atoms with Gasteiger partial charge in [0.05, 0.1) is 11.1 Å². The Labute approximate surface area is 182 Å². The fourth-order valence-electron chi connectivity index (χ4n) is 3.39. The highest BCUT2D eigenvalue weighted by Crippen LogP contribution is 2.30.